The second-order valence-electron chi connectivity index (χ2n) is 7.21. The minimum absolute atomic E-state index is 0.0603. The molecule has 0 radical (unpaired) electrons. The van der Waals surface area contributed by atoms with Crippen LogP contribution in [0.3, 0.4) is 0 Å². The SMILES string of the molecule is CCC(CC)[C@@H](CNC(=O)c1ccc2c(c1)OCCCO2)N1CCOCC1. The first kappa shape index (κ1) is 20.0. The lowest BCUT2D eigenvalue weighted by Crippen LogP contribution is -2.52. The van der Waals surface area contributed by atoms with E-state index in [4.69, 9.17) is 14.2 Å². The number of hydrogen-bond donors (Lipinski definition) is 1. The second kappa shape index (κ2) is 9.95. The molecule has 0 saturated carbocycles. The van der Waals surface area contributed by atoms with E-state index in [2.05, 4.69) is 24.1 Å². The zero-order chi connectivity index (χ0) is 19.1. The molecule has 1 atom stereocenters. The van der Waals surface area contributed by atoms with Crippen LogP contribution in [0.4, 0.5) is 0 Å². The van der Waals surface area contributed by atoms with Gasteiger partial charge in [-0.3, -0.25) is 9.69 Å². The monoisotopic (exact) mass is 376 g/mol. The van der Waals surface area contributed by atoms with E-state index in [1.54, 1.807) is 6.07 Å². The van der Waals surface area contributed by atoms with Gasteiger partial charge in [-0.05, 0) is 24.1 Å². The van der Waals surface area contributed by atoms with Crippen LogP contribution in [0.2, 0.25) is 0 Å². The molecule has 0 aromatic heterocycles. The minimum Gasteiger partial charge on any atom is -0.490 e. The van der Waals surface area contributed by atoms with Crippen LogP contribution in [0, 0.1) is 5.92 Å². The number of nitrogens with one attached hydrogen (secondary N) is 1. The summed E-state index contributed by atoms with van der Waals surface area (Å²) in [5.41, 5.74) is 0.615. The van der Waals surface area contributed by atoms with Crippen LogP contribution in [0.1, 0.15) is 43.5 Å². The van der Waals surface area contributed by atoms with E-state index in [1.807, 2.05) is 12.1 Å². The molecule has 2 heterocycles. The molecule has 1 aromatic carbocycles. The Morgan fingerprint density at radius 1 is 1.07 bits per heavy atom. The molecular formula is C21H32N2O4. The highest BCUT2D eigenvalue weighted by Crippen LogP contribution is 2.30. The lowest BCUT2D eigenvalue weighted by molar-refractivity contribution is 0.00191. The minimum atomic E-state index is -0.0603. The summed E-state index contributed by atoms with van der Waals surface area (Å²) in [4.78, 5) is 15.2. The van der Waals surface area contributed by atoms with Crippen molar-refractivity contribution >= 4 is 5.91 Å². The third kappa shape index (κ3) is 5.14. The van der Waals surface area contributed by atoms with E-state index in [0.29, 0.717) is 48.8 Å². The van der Waals surface area contributed by atoms with Crippen LogP contribution in [0.15, 0.2) is 18.2 Å². The highest BCUT2D eigenvalue weighted by molar-refractivity contribution is 5.94. The largest absolute Gasteiger partial charge is 0.490 e. The van der Waals surface area contributed by atoms with Gasteiger partial charge in [0.05, 0.1) is 26.4 Å². The normalized spacial score (nSPS) is 18.8. The lowest BCUT2D eigenvalue weighted by atomic mass is 9.92. The maximum absolute atomic E-state index is 12.8. The molecule has 27 heavy (non-hydrogen) atoms. The third-order valence-corrected chi connectivity index (χ3v) is 5.59. The average Bonchev–Trinajstić information content (AvgIpc) is 2.96. The van der Waals surface area contributed by atoms with Crippen molar-refractivity contribution in [2.24, 2.45) is 5.92 Å². The van der Waals surface area contributed by atoms with Crippen molar-refractivity contribution in [1.82, 2.24) is 10.2 Å². The molecule has 1 aromatic rings. The van der Waals surface area contributed by atoms with Gasteiger partial charge in [0.15, 0.2) is 11.5 Å². The van der Waals surface area contributed by atoms with Gasteiger partial charge in [-0.15, -0.1) is 0 Å². The molecule has 3 rings (SSSR count). The number of nitrogens with zero attached hydrogens (tertiary/aromatic N) is 1. The summed E-state index contributed by atoms with van der Waals surface area (Å²) in [5, 5.41) is 3.15. The quantitative estimate of drug-likeness (QED) is 0.793. The maximum Gasteiger partial charge on any atom is 0.251 e. The van der Waals surface area contributed by atoms with E-state index in [9.17, 15) is 4.79 Å². The molecule has 0 bridgehead atoms. The molecule has 150 valence electrons. The fourth-order valence-corrected chi connectivity index (χ4v) is 3.94. The Balaban J connectivity index is 1.65. The Kier molecular flexibility index (Phi) is 7.35. The van der Waals surface area contributed by atoms with Crippen molar-refractivity contribution in [2.75, 3.05) is 46.1 Å². The van der Waals surface area contributed by atoms with Crippen LogP contribution in [0.5, 0.6) is 11.5 Å². The van der Waals surface area contributed by atoms with Gasteiger partial charge in [0.1, 0.15) is 0 Å². The molecule has 1 amide bonds. The lowest BCUT2D eigenvalue weighted by Gasteiger charge is -2.38. The van der Waals surface area contributed by atoms with Crippen molar-refractivity contribution in [3.05, 3.63) is 23.8 Å². The third-order valence-electron chi connectivity index (χ3n) is 5.59. The van der Waals surface area contributed by atoms with E-state index < -0.39 is 0 Å². The average molecular weight is 376 g/mol. The fourth-order valence-electron chi connectivity index (χ4n) is 3.94. The molecule has 6 heteroatoms. The molecule has 1 fully saturated rings. The number of benzene rings is 1. The number of ether oxygens (including phenoxy) is 3. The smallest absolute Gasteiger partial charge is 0.251 e. The van der Waals surface area contributed by atoms with Gasteiger partial charge >= 0.3 is 0 Å². The summed E-state index contributed by atoms with van der Waals surface area (Å²) in [6.45, 7) is 9.78. The Bertz CT molecular complexity index is 612. The van der Waals surface area contributed by atoms with Gasteiger partial charge in [0.25, 0.3) is 5.91 Å². The van der Waals surface area contributed by atoms with Gasteiger partial charge < -0.3 is 19.5 Å². The van der Waals surface area contributed by atoms with Crippen LogP contribution >= 0.6 is 0 Å². The van der Waals surface area contributed by atoms with Crippen molar-refractivity contribution in [3.63, 3.8) is 0 Å². The molecule has 6 nitrogen and oxygen atoms in total. The number of fused-ring (bicyclic) bond motifs is 1. The van der Waals surface area contributed by atoms with Crippen molar-refractivity contribution < 1.29 is 19.0 Å². The van der Waals surface area contributed by atoms with Crippen molar-refractivity contribution in [1.29, 1.82) is 0 Å². The first-order chi connectivity index (χ1) is 13.2. The highest BCUT2D eigenvalue weighted by atomic mass is 16.5. The summed E-state index contributed by atoms with van der Waals surface area (Å²) in [7, 11) is 0. The van der Waals surface area contributed by atoms with Crippen molar-refractivity contribution in [3.8, 4) is 11.5 Å². The maximum atomic E-state index is 12.8. The first-order valence-electron chi connectivity index (χ1n) is 10.2. The van der Waals surface area contributed by atoms with E-state index in [0.717, 1.165) is 45.6 Å². The summed E-state index contributed by atoms with van der Waals surface area (Å²) in [5.74, 6) is 1.87. The Morgan fingerprint density at radius 2 is 1.78 bits per heavy atom. The van der Waals surface area contributed by atoms with Crippen LogP contribution in [0.25, 0.3) is 0 Å². The Hall–Kier alpha value is -1.79. The number of carbonyl (C=O) groups is 1. The van der Waals surface area contributed by atoms with Gasteiger partial charge in [0, 0.05) is 37.7 Å². The Labute approximate surface area is 162 Å². The van der Waals surface area contributed by atoms with Gasteiger partial charge in [-0.1, -0.05) is 26.7 Å². The molecule has 1 N–H and O–H groups in total. The number of rotatable bonds is 7. The van der Waals surface area contributed by atoms with Gasteiger partial charge in [0.2, 0.25) is 0 Å². The van der Waals surface area contributed by atoms with Crippen LogP contribution in [-0.2, 0) is 4.74 Å². The molecule has 1 saturated heterocycles. The number of amides is 1. The van der Waals surface area contributed by atoms with E-state index >= 15 is 0 Å². The number of morpholine rings is 1. The van der Waals surface area contributed by atoms with Crippen molar-refractivity contribution in [2.45, 2.75) is 39.2 Å². The predicted molar refractivity (Wildman–Crippen MR) is 105 cm³/mol. The van der Waals surface area contributed by atoms with E-state index in [-0.39, 0.29) is 5.91 Å². The topological polar surface area (TPSA) is 60.0 Å². The zero-order valence-electron chi connectivity index (χ0n) is 16.5. The van der Waals surface area contributed by atoms with Gasteiger partial charge in [-0.2, -0.15) is 0 Å². The van der Waals surface area contributed by atoms with Crippen LogP contribution < -0.4 is 14.8 Å². The molecule has 0 unspecified atom stereocenters. The summed E-state index contributed by atoms with van der Waals surface area (Å²) in [6, 6.07) is 5.77. The standard InChI is InChI=1S/C21H32N2O4/c1-3-16(4-2)18(23-8-12-25-13-9-23)15-22-21(24)17-6-7-19-20(14-17)27-11-5-10-26-19/h6-7,14,16,18H,3-5,8-13,15H2,1-2H3,(H,22,24)/t18-/m1/s1. The predicted octanol–water partition coefficient (Wildman–Crippen LogP) is 2.71. The van der Waals surface area contributed by atoms with Gasteiger partial charge in [-0.25, -0.2) is 0 Å². The summed E-state index contributed by atoms with van der Waals surface area (Å²) < 4.78 is 16.9. The highest BCUT2D eigenvalue weighted by Gasteiger charge is 2.27. The fraction of sp³-hybridized carbons (Fsp3) is 0.667. The molecule has 0 spiro atoms. The number of carbonyl (C=O) groups excluding carboxylic acids is 1. The van der Waals surface area contributed by atoms with Crippen LogP contribution in [-0.4, -0.2) is 62.9 Å². The first-order valence-corrected chi connectivity index (χ1v) is 10.2. The Morgan fingerprint density at radius 3 is 2.48 bits per heavy atom. The molecule has 2 aliphatic heterocycles. The zero-order valence-corrected chi connectivity index (χ0v) is 16.5. The molecule has 2 aliphatic rings. The summed E-state index contributed by atoms with van der Waals surface area (Å²) >= 11 is 0. The number of hydrogen-bond acceptors (Lipinski definition) is 5. The summed E-state index contributed by atoms with van der Waals surface area (Å²) in [6.07, 6.45) is 3.07. The second-order valence-corrected chi connectivity index (χ2v) is 7.21. The molecule has 0 aliphatic carbocycles. The molecular weight excluding hydrogens is 344 g/mol. The van der Waals surface area contributed by atoms with E-state index in [1.165, 1.54) is 0 Å².